The second-order valence-corrected chi connectivity index (χ2v) is 3.71. The van der Waals surface area contributed by atoms with Crippen LogP contribution in [-0.2, 0) is 6.42 Å². The second-order valence-electron chi connectivity index (χ2n) is 3.71. The SMILES string of the molecule is [B]C1CCc2cc([B]C)ccc2C1=O. The maximum absolute atomic E-state index is 11.7. The van der Waals surface area contributed by atoms with Gasteiger partial charge in [0.2, 0.25) is 0 Å². The first-order valence-electron chi connectivity index (χ1n) is 4.94. The summed E-state index contributed by atoms with van der Waals surface area (Å²) in [7, 11) is 7.75. The molecule has 1 aliphatic rings. The number of hydrogen-bond acceptors (Lipinski definition) is 1. The molecule has 0 fully saturated rings. The topological polar surface area (TPSA) is 17.1 Å². The standard InChI is InChI=1S/C11H11B2O/c1-13-8-3-4-9-7(6-8)2-5-10(12)11(9)14/h3-4,6,10H,2,5H2,1H3. The molecule has 0 saturated carbocycles. The highest BCUT2D eigenvalue weighted by molar-refractivity contribution is 6.52. The Morgan fingerprint density at radius 1 is 1.50 bits per heavy atom. The van der Waals surface area contributed by atoms with E-state index in [1.54, 1.807) is 0 Å². The Balaban J connectivity index is 2.44. The third-order valence-electron chi connectivity index (χ3n) is 2.79. The molecule has 2 rings (SSSR count). The van der Waals surface area contributed by atoms with Gasteiger partial charge in [-0.3, -0.25) is 4.79 Å². The van der Waals surface area contributed by atoms with Crippen LogP contribution in [0.5, 0.6) is 0 Å². The molecule has 14 heavy (non-hydrogen) atoms. The first kappa shape index (κ1) is 9.57. The zero-order valence-corrected chi connectivity index (χ0v) is 8.29. The number of ketones is 1. The Morgan fingerprint density at radius 2 is 2.29 bits per heavy atom. The van der Waals surface area contributed by atoms with Crippen molar-refractivity contribution in [3.05, 3.63) is 29.3 Å². The third kappa shape index (κ3) is 1.52. The van der Waals surface area contributed by atoms with Crippen molar-refractivity contribution in [2.75, 3.05) is 0 Å². The average Bonchev–Trinajstić information content (AvgIpc) is 2.23. The lowest BCUT2D eigenvalue weighted by Gasteiger charge is -2.20. The highest BCUT2D eigenvalue weighted by atomic mass is 16.1. The molecule has 0 aromatic heterocycles. The Morgan fingerprint density at radius 3 is 3.00 bits per heavy atom. The van der Waals surface area contributed by atoms with Crippen LogP contribution in [0, 0.1) is 0 Å². The van der Waals surface area contributed by atoms with Gasteiger partial charge in [-0.2, -0.15) is 0 Å². The number of rotatable bonds is 1. The normalized spacial score (nSPS) is 20.4. The number of Topliss-reactive ketones (excluding diaryl/α,β-unsaturated/α-hetero) is 1. The highest BCUT2D eigenvalue weighted by Crippen LogP contribution is 2.26. The Bertz CT molecular complexity index is 374. The summed E-state index contributed by atoms with van der Waals surface area (Å²) in [4.78, 5) is 11.7. The van der Waals surface area contributed by atoms with E-state index in [0.29, 0.717) is 0 Å². The van der Waals surface area contributed by atoms with Gasteiger partial charge in [0, 0.05) is 5.56 Å². The lowest BCUT2D eigenvalue weighted by molar-refractivity contribution is 0.0973. The fourth-order valence-corrected chi connectivity index (χ4v) is 1.88. The summed E-state index contributed by atoms with van der Waals surface area (Å²) in [5.74, 6) is -0.201. The molecule has 1 atom stereocenters. The molecule has 1 aromatic rings. The molecule has 1 unspecified atom stereocenters. The van der Waals surface area contributed by atoms with E-state index in [1.165, 1.54) is 5.46 Å². The van der Waals surface area contributed by atoms with Crippen molar-refractivity contribution in [1.82, 2.24) is 0 Å². The fraction of sp³-hybridized carbons (Fsp3) is 0.364. The van der Waals surface area contributed by atoms with E-state index >= 15 is 0 Å². The van der Waals surface area contributed by atoms with Crippen molar-refractivity contribution < 1.29 is 4.79 Å². The number of carbonyl (C=O) groups is 1. The Kier molecular flexibility index (Phi) is 2.49. The van der Waals surface area contributed by atoms with E-state index in [1.807, 2.05) is 26.2 Å². The lowest BCUT2D eigenvalue weighted by atomic mass is 9.68. The monoisotopic (exact) mass is 181 g/mol. The largest absolute Gasteiger partial charge is 0.295 e. The molecule has 1 nitrogen and oxygen atoms in total. The van der Waals surface area contributed by atoms with E-state index in [9.17, 15) is 4.79 Å². The number of fused-ring (bicyclic) bond motifs is 1. The van der Waals surface area contributed by atoms with Crippen molar-refractivity contribution in [1.29, 1.82) is 0 Å². The van der Waals surface area contributed by atoms with Gasteiger partial charge in [0.15, 0.2) is 5.78 Å². The van der Waals surface area contributed by atoms with Crippen LogP contribution in [0.25, 0.3) is 0 Å². The maximum Gasteiger partial charge on any atom is 0.157 e. The van der Waals surface area contributed by atoms with Crippen LogP contribution < -0.4 is 5.46 Å². The van der Waals surface area contributed by atoms with Gasteiger partial charge in [-0.05, 0) is 24.2 Å². The van der Waals surface area contributed by atoms with Gasteiger partial charge in [-0.15, -0.1) is 0 Å². The molecule has 0 N–H and O–H groups in total. The van der Waals surface area contributed by atoms with Gasteiger partial charge in [-0.1, -0.05) is 30.5 Å². The fourth-order valence-electron chi connectivity index (χ4n) is 1.88. The first-order valence-corrected chi connectivity index (χ1v) is 4.94. The predicted octanol–water partition coefficient (Wildman–Crippen LogP) is 1.15. The van der Waals surface area contributed by atoms with Crippen molar-refractivity contribution in [3.8, 4) is 0 Å². The van der Waals surface area contributed by atoms with Gasteiger partial charge >= 0.3 is 0 Å². The van der Waals surface area contributed by atoms with E-state index in [2.05, 4.69) is 6.07 Å². The maximum atomic E-state index is 11.7. The summed E-state index contributed by atoms with van der Waals surface area (Å²) < 4.78 is 0. The summed E-state index contributed by atoms with van der Waals surface area (Å²) in [6.45, 7) is 2.00. The van der Waals surface area contributed by atoms with E-state index < -0.39 is 0 Å². The van der Waals surface area contributed by atoms with Crippen LogP contribution in [0.1, 0.15) is 22.3 Å². The summed E-state index contributed by atoms with van der Waals surface area (Å²) in [6.07, 6.45) is 1.70. The van der Waals surface area contributed by atoms with E-state index in [0.717, 1.165) is 24.0 Å². The van der Waals surface area contributed by atoms with E-state index in [-0.39, 0.29) is 11.6 Å². The molecule has 0 saturated heterocycles. The van der Waals surface area contributed by atoms with Crippen molar-refractivity contribution in [3.63, 3.8) is 0 Å². The first-order chi connectivity index (χ1) is 6.72. The van der Waals surface area contributed by atoms with Crippen LogP contribution in [0.2, 0.25) is 12.6 Å². The van der Waals surface area contributed by atoms with Gasteiger partial charge in [0.1, 0.15) is 7.28 Å². The molecular weight excluding hydrogens is 170 g/mol. The second kappa shape index (κ2) is 3.64. The van der Waals surface area contributed by atoms with Crippen molar-refractivity contribution in [2.45, 2.75) is 25.5 Å². The van der Waals surface area contributed by atoms with Gasteiger partial charge in [0.05, 0.1) is 7.85 Å². The Hall–Kier alpha value is -0.980. The Labute approximate surface area is 86.6 Å². The van der Waals surface area contributed by atoms with Gasteiger partial charge in [0.25, 0.3) is 0 Å². The minimum Gasteiger partial charge on any atom is -0.295 e. The molecule has 0 amide bonds. The zero-order valence-electron chi connectivity index (χ0n) is 8.29. The highest BCUT2D eigenvalue weighted by Gasteiger charge is 2.22. The molecule has 67 valence electrons. The summed E-state index contributed by atoms with van der Waals surface area (Å²) in [6, 6.07) is 5.94. The van der Waals surface area contributed by atoms with Gasteiger partial charge < -0.3 is 0 Å². The van der Waals surface area contributed by atoms with Crippen molar-refractivity contribution in [2.24, 2.45) is 0 Å². The van der Waals surface area contributed by atoms with E-state index in [4.69, 9.17) is 7.85 Å². The average molecular weight is 181 g/mol. The zero-order chi connectivity index (χ0) is 10.1. The van der Waals surface area contributed by atoms with Crippen molar-refractivity contribution >= 4 is 26.4 Å². The van der Waals surface area contributed by atoms with Gasteiger partial charge in [-0.25, -0.2) is 0 Å². The number of aryl methyl sites for hydroxylation is 1. The van der Waals surface area contributed by atoms with Crippen LogP contribution in [-0.4, -0.2) is 20.9 Å². The molecule has 1 aliphatic carbocycles. The molecular formula is C11H11B2O. The molecule has 3 radical (unpaired) electrons. The van der Waals surface area contributed by atoms with Crippen LogP contribution in [0.3, 0.4) is 0 Å². The number of hydrogen-bond donors (Lipinski definition) is 0. The molecule has 0 heterocycles. The van der Waals surface area contributed by atoms with Crippen LogP contribution in [0.4, 0.5) is 0 Å². The lowest BCUT2D eigenvalue weighted by Crippen LogP contribution is -2.21. The third-order valence-corrected chi connectivity index (χ3v) is 2.79. The predicted molar refractivity (Wildman–Crippen MR) is 59.8 cm³/mol. The number of carbonyl (C=O) groups excluding carboxylic acids is 1. The number of benzene rings is 1. The molecule has 0 spiro atoms. The minimum atomic E-state index is -0.293. The summed E-state index contributed by atoms with van der Waals surface area (Å²) in [5, 5.41) is 0. The van der Waals surface area contributed by atoms with Crippen LogP contribution in [0.15, 0.2) is 18.2 Å². The molecule has 0 aliphatic heterocycles. The minimum absolute atomic E-state index is 0.0916. The smallest absolute Gasteiger partial charge is 0.157 e. The quantitative estimate of drug-likeness (QED) is 0.593. The molecule has 3 heteroatoms. The van der Waals surface area contributed by atoms with Crippen LogP contribution >= 0.6 is 0 Å². The summed E-state index contributed by atoms with van der Waals surface area (Å²) in [5.41, 5.74) is 3.13. The molecule has 1 aromatic carbocycles. The summed E-state index contributed by atoms with van der Waals surface area (Å²) >= 11 is 0. The molecule has 0 bridgehead atoms.